The zero-order valence-corrected chi connectivity index (χ0v) is 17.3. The quantitative estimate of drug-likeness (QED) is 0.668. The number of benzene rings is 2. The minimum absolute atomic E-state index is 0. The molecule has 1 heterocycles. The van der Waals surface area contributed by atoms with Crippen molar-refractivity contribution < 1.29 is 14.6 Å². The molecule has 2 aromatic rings. The van der Waals surface area contributed by atoms with Gasteiger partial charge in [0.05, 0.1) is 6.61 Å². The van der Waals surface area contributed by atoms with Gasteiger partial charge in [-0.25, -0.2) is 0 Å². The second-order valence-corrected chi connectivity index (χ2v) is 6.73. The van der Waals surface area contributed by atoms with Crippen LogP contribution in [0, 0.1) is 0 Å². The first-order chi connectivity index (χ1) is 13.3. The monoisotopic (exact) mass is 406 g/mol. The molecular formula is C22H31ClN2O3. The molecule has 0 aromatic heterocycles. The predicted octanol–water partition coefficient (Wildman–Crippen LogP) is 3.41. The van der Waals surface area contributed by atoms with E-state index in [0.29, 0.717) is 13.2 Å². The summed E-state index contributed by atoms with van der Waals surface area (Å²) >= 11 is 0. The number of nitrogens with one attached hydrogen (secondary N) is 1. The average Bonchev–Trinajstić information content (AvgIpc) is 2.73. The van der Waals surface area contributed by atoms with Crippen LogP contribution in [0.15, 0.2) is 48.5 Å². The average molecular weight is 407 g/mol. The molecule has 0 spiro atoms. The van der Waals surface area contributed by atoms with Gasteiger partial charge in [-0.3, -0.25) is 4.90 Å². The van der Waals surface area contributed by atoms with Crippen LogP contribution in [0.3, 0.4) is 0 Å². The maximum absolute atomic E-state index is 9.57. The van der Waals surface area contributed by atoms with Gasteiger partial charge in [-0.05, 0) is 36.6 Å². The van der Waals surface area contributed by atoms with E-state index in [9.17, 15) is 5.11 Å². The van der Waals surface area contributed by atoms with E-state index in [1.165, 1.54) is 5.56 Å². The van der Waals surface area contributed by atoms with E-state index in [4.69, 9.17) is 9.47 Å². The number of piperazine rings is 1. The van der Waals surface area contributed by atoms with Gasteiger partial charge >= 0.3 is 0 Å². The zero-order chi connectivity index (χ0) is 18.9. The molecule has 3 rings (SSSR count). The van der Waals surface area contributed by atoms with Crippen molar-refractivity contribution in [1.82, 2.24) is 10.2 Å². The van der Waals surface area contributed by atoms with Crippen LogP contribution in [0.25, 0.3) is 0 Å². The number of ether oxygens (including phenoxy) is 2. The molecule has 0 unspecified atom stereocenters. The van der Waals surface area contributed by atoms with E-state index in [-0.39, 0.29) is 25.1 Å². The van der Waals surface area contributed by atoms with Crippen LogP contribution in [0.1, 0.15) is 30.5 Å². The second-order valence-electron chi connectivity index (χ2n) is 6.73. The van der Waals surface area contributed by atoms with E-state index in [1.807, 2.05) is 31.2 Å². The van der Waals surface area contributed by atoms with Gasteiger partial charge in [0.1, 0.15) is 6.61 Å². The molecule has 6 heteroatoms. The Morgan fingerprint density at radius 1 is 1.04 bits per heavy atom. The molecule has 2 aromatic carbocycles. The van der Waals surface area contributed by atoms with Gasteiger partial charge < -0.3 is 19.9 Å². The highest BCUT2D eigenvalue weighted by atomic mass is 35.5. The fourth-order valence-electron chi connectivity index (χ4n) is 3.53. The normalized spacial score (nSPS) is 15.5. The lowest BCUT2D eigenvalue weighted by atomic mass is 10.0. The van der Waals surface area contributed by atoms with Crippen LogP contribution < -0.4 is 14.8 Å². The van der Waals surface area contributed by atoms with Crippen molar-refractivity contribution in [3.8, 4) is 11.5 Å². The Bertz CT molecular complexity index is 693. The number of rotatable bonds is 9. The summed E-state index contributed by atoms with van der Waals surface area (Å²) in [5.74, 6) is 1.52. The molecule has 1 fully saturated rings. The fourth-order valence-corrected chi connectivity index (χ4v) is 3.53. The topological polar surface area (TPSA) is 54.0 Å². The lowest BCUT2D eigenvalue weighted by Crippen LogP contribution is -2.45. The van der Waals surface area contributed by atoms with Crippen LogP contribution in [-0.2, 0) is 6.61 Å². The van der Waals surface area contributed by atoms with Crippen LogP contribution in [-0.4, -0.2) is 49.4 Å². The first kappa shape index (κ1) is 22.5. The molecule has 154 valence electrons. The second kappa shape index (κ2) is 11.9. The largest absolute Gasteiger partial charge is 0.490 e. The molecule has 28 heavy (non-hydrogen) atoms. The van der Waals surface area contributed by atoms with Crippen molar-refractivity contribution in [1.29, 1.82) is 0 Å². The molecular weight excluding hydrogens is 376 g/mol. The third-order valence-electron chi connectivity index (χ3n) is 4.88. The Morgan fingerprint density at radius 2 is 1.79 bits per heavy atom. The number of nitrogens with zero attached hydrogens (tertiary/aromatic N) is 1. The van der Waals surface area contributed by atoms with Crippen molar-refractivity contribution in [3.63, 3.8) is 0 Å². The summed E-state index contributed by atoms with van der Waals surface area (Å²) in [4.78, 5) is 2.43. The minimum atomic E-state index is 0. The zero-order valence-electron chi connectivity index (χ0n) is 16.5. The molecule has 1 aliphatic heterocycles. The third kappa shape index (κ3) is 6.11. The SMILES string of the molecule is CCOc1cc([C@@H](CCO)N2CCNCC2)ccc1OCc1ccccc1.Cl. The Hall–Kier alpha value is -1.79. The summed E-state index contributed by atoms with van der Waals surface area (Å²) in [6.07, 6.45) is 0.718. The molecule has 0 aliphatic carbocycles. The van der Waals surface area contributed by atoms with Crippen molar-refractivity contribution in [2.75, 3.05) is 39.4 Å². The summed E-state index contributed by atoms with van der Waals surface area (Å²) in [7, 11) is 0. The number of aliphatic hydroxyl groups excluding tert-OH is 1. The number of hydrogen-bond acceptors (Lipinski definition) is 5. The maximum atomic E-state index is 9.57. The number of halogens is 1. The van der Waals surface area contributed by atoms with Gasteiger partial charge in [0.2, 0.25) is 0 Å². The molecule has 2 N–H and O–H groups in total. The molecule has 1 atom stereocenters. The summed E-state index contributed by atoms with van der Waals surface area (Å²) in [5, 5.41) is 13.0. The summed E-state index contributed by atoms with van der Waals surface area (Å²) < 4.78 is 11.9. The third-order valence-corrected chi connectivity index (χ3v) is 4.88. The Morgan fingerprint density at radius 3 is 2.46 bits per heavy atom. The van der Waals surface area contributed by atoms with Crippen LogP contribution in [0.5, 0.6) is 11.5 Å². The Balaban J connectivity index is 0.00000280. The van der Waals surface area contributed by atoms with Crippen LogP contribution >= 0.6 is 12.4 Å². The Kier molecular flexibility index (Phi) is 9.58. The molecule has 1 aliphatic rings. The van der Waals surface area contributed by atoms with E-state index in [2.05, 4.69) is 34.5 Å². The first-order valence-electron chi connectivity index (χ1n) is 9.81. The Labute approximate surface area is 174 Å². The molecule has 0 saturated carbocycles. The smallest absolute Gasteiger partial charge is 0.161 e. The number of hydrogen-bond donors (Lipinski definition) is 2. The van der Waals surface area contributed by atoms with Crippen molar-refractivity contribution in [2.24, 2.45) is 0 Å². The van der Waals surface area contributed by atoms with Gasteiger partial charge in [0, 0.05) is 38.8 Å². The highest BCUT2D eigenvalue weighted by Gasteiger charge is 2.23. The van der Waals surface area contributed by atoms with E-state index >= 15 is 0 Å². The lowest BCUT2D eigenvalue weighted by molar-refractivity contribution is 0.140. The molecule has 0 amide bonds. The maximum Gasteiger partial charge on any atom is 0.161 e. The van der Waals surface area contributed by atoms with E-state index in [0.717, 1.165) is 49.7 Å². The summed E-state index contributed by atoms with van der Waals surface area (Å²) in [5.41, 5.74) is 2.30. The van der Waals surface area contributed by atoms with Crippen LogP contribution in [0.2, 0.25) is 0 Å². The van der Waals surface area contributed by atoms with Crippen molar-refractivity contribution in [2.45, 2.75) is 26.0 Å². The molecule has 0 bridgehead atoms. The fraction of sp³-hybridized carbons (Fsp3) is 0.455. The van der Waals surface area contributed by atoms with Gasteiger partial charge in [0.25, 0.3) is 0 Å². The highest BCUT2D eigenvalue weighted by Crippen LogP contribution is 2.34. The van der Waals surface area contributed by atoms with Gasteiger partial charge in [0.15, 0.2) is 11.5 Å². The van der Waals surface area contributed by atoms with E-state index in [1.54, 1.807) is 0 Å². The standard InChI is InChI=1S/C22H30N2O3.ClH/c1-2-26-22-16-19(20(10-15-25)24-13-11-23-12-14-24)8-9-21(22)27-17-18-6-4-3-5-7-18;/h3-9,16,20,23,25H,2,10-15,17H2,1H3;1H/t20-;/m1./s1. The first-order valence-corrected chi connectivity index (χ1v) is 9.81. The molecule has 0 radical (unpaired) electrons. The van der Waals surface area contributed by atoms with Gasteiger partial charge in [-0.1, -0.05) is 36.4 Å². The number of aliphatic hydroxyl groups is 1. The van der Waals surface area contributed by atoms with Gasteiger partial charge in [-0.2, -0.15) is 0 Å². The van der Waals surface area contributed by atoms with Crippen molar-refractivity contribution in [3.05, 3.63) is 59.7 Å². The summed E-state index contributed by atoms with van der Waals surface area (Å²) in [6, 6.07) is 16.5. The lowest BCUT2D eigenvalue weighted by Gasteiger charge is -2.35. The minimum Gasteiger partial charge on any atom is -0.490 e. The summed E-state index contributed by atoms with van der Waals surface area (Å²) in [6.45, 7) is 7.19. The predicted molar refractivity (Wildman–Crippen MR) is 115 cm³/mol. The highest BCUT2D eigenvalue weighted by molar-refractivity contribution is 5.85. The van der Waals surface area contributed by atoms with Gasteiger partial charge in [-0.15, -0.1) is 12.4 Å². The van der Waals surface area contributed by atoms with E-state index < -0.39 is 0 Å². The van der Waals surface area contributed by atoms with Crippen molar-refractivity contribution >= 4 is 12.4 Å². The van der Waals surface area contributed by atoms with Crippen LogP contribution in [0.4, 0.5) is 0 Å². The molecule has 5 nitrogen and oxygen atoms in total. The molecule has 1 saturated heterocycles.